The van der Waals surface area contributed by atoms with Gasteiger partial charge in [0.2, 0.25) is 10.0 Å². The molecule has 1 aromatic heterocycles. The van der Waals surface area contributed by atoms with Crippen molar-refractivity contribution >= 4 is 33.2 Å². The number of sulfonamides is 1. The lowest BCUT2D eigenvalue weighted by Crippen LogP contribution is -2.53. The highest BCUT2D eigenvalue weighted by molar-refractivity contribution is 7.89. The predicted octanol–water partition coefficient (Wildman–Crippen LogP) is 2.23. The standard InChI is InChI=1S/C25H27N3O7S2/c1-35-18-9-11-19(12-10-18)37(33,34)28-15-17-14-20(36-23(17)22(29)21(28)25(31)27-32)24(30)26-13-5-8-16-6-3-2-4-7-16/h2-4,6-7,9-12,14,21-22,29,32H,5,8,13,15H2,1H3,(H,26,30)(H,27,31)/t21-,22-/m1/s1. The van der Waals surface area contributed by atoms with E-state index in [1.54, 1.807) is 0 Å². The molecule has 12 heteroatoms. The Hall–Kier alpha value is -3.29. The van der Waals surface area contributed by atoms with Crippen LogP contribution in [-0.2, 0) is 27.8 Å². The summed E-state index contributed by atoms with van der Waals surface area (Å²) in [7, 11) is -2.83. The number of aliphatic hydroxyl groups excluding tert-OH is 1. The lowest BCUT2D eigenvalue weighted by molar-refractivity contribution is -0.137. The molecule has 0 aliphatic carbocycles. The molecule has 0 saturated heterocycles. The number of nitrogens with one attached hydrogen (secondary N) is 2. The molecule has 2 atom stereocenters. The Morgan fingerprint density at radius 3 is 2.49 bits per heavy atom. The van der Waals surface area contributed by atoms with E-state index in [0.29, 0.717) is 22.7 Å². The summed E-state index contributed by atoms with van der Waals surface area (Å²) in [5, 5.41) is 23.1. The molecule has 3 aromatic rings. The first kappa shape index (κ1) is 26.8. The fourth-order valence-corrected chi connectivity index (χ4v) is 6.86. The first-order valence-corrected chi connectivity index (χ1v) is 13.7. The maximum atomic E-state index is 13.4. The van der Waals surface area contributed by atoms with E-state index < -0.39 is 28.1 Å². The van der Waals surface area contributed by atoms with Gasteiger partial charge in [0, 0.05) is 18.0 Å². The van der Waals surface area contributed by atoms with Gasteiger partial charge in [0.1, 0.15) is 17.9 Å². The zero-order chi connectivity index (χ0) is 26.6. The van der Waals surface area contributed by atoms with Crippen LogP contribution in [0, 0.1) is 0 Å². The Balaban J connectivity index is 1.54. The SMILES string of the molecule is COc1ccc(S(=O)(=O)N2Cc3cc(C(=O)NCCCc4ccccc4)sc3[C@H](O)[C@@H]2C(=O)NO)cc1. The van der Waals surface area contributed by atoms with Crippen molar-refractivity contribution < 1.29 is 33.1 Å². The van der Waals surface area contributed by atoms with Gasteiger partial charge in [-0.3, -0.25) is 14.8 Å². The van der Waals surface area contributed by atoms with E-state index in [-0.39, 0.29) is 22.2 Å². The summed E-state index contributed by atoms with van der Waals surface area (Å²) in [4.78, 5) is 25.7. The van der Waals surface area contributed by atoms with Crippen LogP contribution >= 0.6 is 11.3 Å². The molecular formula is C25H27N3O7S2. The van der Waals surface area contributed by atoms with Crippen molar-refractivity contribution in [3.8, 4) is 5.75 Å². The summed E-state index contributed by atoms with van der Waals surface area (Å²) in [6.45, 7) is 0.170. The van der Waals surface area contributed by atoms with Gasteiger partial charge in [-0.15, -0.1) is 11.3 Å². The number of methoxy groups -OCH3 is 1. The lowest BCUT2D eigenvalue weighted by Gasteiger charge is -2.36. The second-order valence-corrected chi connectivity index (χ2v) is 11.4. The topological polar surface area (TPSA) is 145 Å². The summed E-state index contributed by atoms with van der Waals surface area (Å²) >= 11 is 0.989. The molecule has 0 radical (unpaired) electrons. The van der Waals surface area contributed by atoms with Gasteiger partial charge >= 0.3 is 0 Å². The molecule has 0 saturated carbocycles. The van der Waals surface area contributed by atoms with Crippen LogP contribution in [0.5, 0.6) is 5.75 Å². The fraction of sp³-hybridized carbons (Fsp3) is 0.280. The van der Waals surface area contributed by atoms with Gasteiger partial charge in [0.25, 0.3) is 11.8 Å². The molecule has 10 nitrogen and oxygen atoms in total. The van der Waals surface area contributed by atoms with Gasteiger partial charge in [-0.2, -0.15) is 4.31 Å². The molecule has 4 N–H and O–H groups in total. The summed E-state index contributed by atoms with van der Waals surface area (Å²) in [6.07, 6.45) is -0.0546. The zero-order valence-corrected chi connectivity index (χ0v) is 21.6. The number of rotatable bonds is 9. The van der Waals surface area contributed by atoms with Crippen LogP contribution in [0.3, 0.4) is 0 Å². The normalized spacial score (nSPS) is 17.6. The average Bonchev–Trinajstić information content (AvgIpc) is 3.36. The van der Waals surface area contributed by atoms with Crippen LogP contribution in [0.2, 0.25) is 0 Å². The molecule has 1 aliphatic rings. The van der Waals surface area contributed by atoms with Crippen molar-refractivity contribution in [2.75, 3.05) is 13.7 Å². The quantitative estimate of drug-likeness (QED) is 0.183. The van der Waals surface area contributed by atoms with Crippen molar-refractivity contribution in [1.82, 2.24) is 15.1 Å². The fourth-order valence-electron chi connectivity index (χ4n) is 4.18. The number of amides is 2. The van der Waals surface area contributed by atoms with Gasteiger partial charge in [-0.05, 0) is 54.3 Å². The van der Waals surface area contributed by atoms with E-state index in [1.165, 1.54) is 42.9 Å². The minimum absolute atomic E-state index is 0.119. The minimum Gasteiger partial charge on any atom is -0.497 e. The number of thiophene rings is 1. The zero-order valence-electron chi connectivity index (χ0n) is 20.0. The Bertz CT molecular complexity index is 1360. The highest BCUT2D eigenvalue weighted by Crippen LogP contribution is 2.40. The lowest BCUT2D eigenvalue weighted by atomic mass is 10.0. The number of carbonyl (C=O) groups is 2. The van der Waals surface area contributed by atoms with Gasteiger partial charge in [0.05, 0.1) is 16.9 Å². The van der Waals surface area contributed by atoms with E-state index in [1.807, 2.05) is 30.3 Å². The Labute approximate surface area is 218 Å². The van der Waals surface area contributed by atoms with Crippen molar-refractivity contribution in [2.24, 2.45) is 0 Å². The minimum atomic E-state index is -4.27. The highest BCUT2D eigenvalue weighted by atomic mass is 32.2. The smallest absolute Gasteiger partial charge is 0.264 e. The van der Waals surface area contributed by atoms with E-state index in [4.69, 9.17) is 4.74 Å². The Morgan fingerprint density at radius 1 is 1.14 bits per heavy atom. The number of ether oxygens (including phenoxy) is 1. The summed E-state index contributed by atoms with van der Waals surface area (Å²) < 4.78 is 32.8. The molecule has 0 spiro atoms. The van der Waals surface area contributed by atoms with E-state index in [0.717, 1.165) is 34.0 Å². The monoisotopic (exact) mass is 545 g/mol. The first-order chi connectivity index (χ1) is 17.8. The predicted molar refractivity (Wildman–Crippen MR) is 136 cm³/mol. The molecule has 1 aliphatic heterocycles. The molecule has 37 heavy (non-hydrogen) atoms. The molecule has 2 amide bonds. The van der Waals surface area contributed by atoms with Gasteiger partial charge in [-0.1, -0.05) is 30.3 Å². The van der Waals surface area contributed by atoms with Crippen LogP contribution in [-0.4, -0.2) is 54.5 Å². The molecule has 2 aromatic carbocycles. The van der Waals surface area contributed by atoms with Crippen molar-refractivity contribution in [1.29, 1.82) is 0 Å². The third kappa shape index (κ3) is 5.68. The average molecular weight is 546 g/mol. The van der Waals surface area contributed by atoms with Crippen LogP contribution in [0.25, 0.3) is 0 Å². The number of carbonyl (C=O) groups excluding carboxylic acids is 2. The molecule has 0 bridgehead atoms. The molecule has 4 rings (SSSR count). The van der Waals surface area contributed by atoms with Gasteiger partial charge in [-0.25, -0.2) is 13.9 Å². The number of aryl methyl sites for hydroxylation is 1. The highest BCUT2D eigenvalue weighted by Gasteiger charge is 2.46. The Morgan fingerprint density at radius 2 is 1.84 bits per heavy atom. The Kier molecular flexibility index (Phi) is 8.25. The molecule has 2 heterocycles. The van der Waals surface area contributed by atoms with Crippen LogP contribution in [0.4, 0.5) is 0 Å². The summed E-state index contributed by atoms with van der Waals surface area (Å²) in [5.74, 6) is -0.996. The number of benzene rings is 2. The number of nitrogens with zero attached hydrogens (tertiary/aromatic N) is 1. The largest absolute Gasteiger partial charge is 0.497 e. The van der Waals surface area contributed by atoms with Crippen LogP contribution in [0.15, 0.2) is 65.6 Å². The molecular weight excluding hydrogens is 518 g/mol. The second-order valence-electron chi connectivity index (χ2n) is 8.44. The maximum absolute atomic E-state index is 13.4. The van der Waals surface area contributed by atoms with Crippen LogP contribution < -0.4 is 15.5 Å². The van der Waals surface area contributed by atoms with Crippen molar-refractivity contribution in [2.45, 2.75) is 36.4 Å². The molecule has 0 unspecified atom stereocenters. The third-order valence-electron chi connectivity index (χ3n) is 6.09. The van der Waals surface area contributed by atoms with Gasteiger partial charge in [0.15, 0.2) is 0 Å². The van der Waals surface area contributed by atoms with Crippen LogP contribution in [0.1, 0.15) is 38.2 Å². The van der Waals surface area contributed by atoms with E-state index in [9.17, 15) is 28.3 Å². The second kappa shape index (κ2) is 11.4. The number of hydrogen-bond acceptors (Lipinski definition) is 8. The van der Waals surface area contributed by atoms with Crippen molar-refractivity contribution in [3.63, 3.8) is 0 Å². The number of aliphatic hydroxyl groups is 1. The van der Waals surface area contributed by atoms with Crippen molar-refractivity contribution in [3.05, 3.63) is 81.5 Å². The first-order valence-electron chi connectivity index (χ1n) is 11.5. The molecule has 0 fully saturated rings. The maximum Gasteiger partial charge on any atom is 0.264 e. The van der Waals surface area contributed by atoms with Gasteiger partial charge < -0.3 is 15.2 Å². The summed E-state index contributed by atoms with van der Waals surface area (Å²) in [5.41, 5.74) is 3.02. The number of hydrogen-bond donors (Lipinski definition) is 4. The molecule has 196 valence electrons. The number of fused-ring (bicyclic) bond motifs is 1. The summed E-state index contributed by atoms with van der Waals surface area (Å²) in [6, 6.07) is 15.4. The third-order valence-corrected chi connectivity index (χ3v) is 9.17. The number of hydroxylamine groups is 1. The van der Waals surface area contributed by atoms with E-state index in [2.05, 4.69) is 5.32 Å². The van der Waals surface area contributed by atoms with E-state index >= 15 is 0 Å².